The number of hydrogen-bond donors (Lipinski definition) is 1. The fourth-order valence-electron chi connectivity index (χ4n) is 1.77. The van der Waals surface area contributed by atoms with Gasteiger partial charge in [-0.1, -0.05) is 6.07 Å². The molecule has 1 aliphatic heterocycles. The minimum atomic E-state index is -0.427. The summed E-state index contributed by atoms with van der Waals surface area (Å²) in [6, 6.07) is 7.82. The van der Waals surface area contributed by atoms with E-state index >= 15 is 0 Å². The molecule has 1 saturated heterocycles. The number of carbonyl (C=O) groups is 1. The van der Waals surface area contributed by atoms with Crippen LogP contribution < -0.4 is 5.73 Å². The number of amides is 1. The van der Waals surface area contributed by atoms with Crippen LogP contribution in [0.1, 0.15) is 20.8 Å². The van der Waals surface area contributed by atoms with Crippen LogP contribution in [0.25, 0.3) is 0 Å². The Hall–Kier alpha value is -1.36. The molecule has 0 aliphatic carbocycles. The number of carbonyl (C=O) groups excluding carboxylic acids is 1. The number of rotatable bonds is 2. The summed E-state index contributed by atoms with van der Waals surface area (Å²) in [7, 11) is 0. The smallest absolute Gasteiger partial charge is 0.410 e. The molecule has 1 fully saturated rings. The van der Waals surface area contributed by atoms with Crippen molar-refractivity contribution in [3.05, 3.63) is 24.3 Å². The minimum absolute atomic E-state index is 0.225. The molecule has 0 atom stereocenters. The number of benzene rings is 1. The minimum Gasteiger partial charge on any atom is -0.444 e. The van der Waals surface area contributed by atoms with Crippen molar-refractivity contribution in [3.8, 4) is 0 Å². The third-order valence-electron chi connectivity index (χ3n) is 2.66. The number of nitrogens with two attached hydrogens (primary N) is 1. The van der Waals surface area contributed by atoms with E-state index in [1.165, 1.54) is 0 Å². The molecule has 0 spiro atoms. The van der Waals surface area contributed by atoms with Crippen molar-refractivity contribution < 1.29 is 9.53 Å². The highest BCUT2D eigenvalue weighted by Gasteiger charge is 2.34. The standard InChI is InChI=1S/C14H20N2O2S/c1-14(2,3)18-13(17)16-8-12(9-16)19-11-6-4-5-10(15)7-11/h4-7,12H,8-9,15H2,1-3H3. The molecule has 19 heavy (non-hydrogen) atoms. The molecule has 104 valence electrons. The van der Waals surface area contributed by atoms with E-state index in [9.17, 15) is 4.79 Å². The monoisotopic (exact) mass is 280 g/mol. The SMILES string of the molecule is CC(C)(C)OC(=O)N1CC(Sc2cccc(N)c2)C1. The van der Waals surface area contributed by atoms with Crippen LogP contribution in [-0.2, 0) is 4.74 Å². The van der Waals surface area contributed by atoms with Crippen molar-refractivity contribution in [2.75, 3.05) is 18.8 Å². The van der Waals surface area contributed by atoms with Crippen molar-refractivity contribution in [1.29, 1.82) is 0 Å². The molecule has 0 aromatic heterocycles. The molecule has 4 nitrogen and oxygen atoms in total. The zero-order valence-electron chi connectivity index (χ0n) is 11.6. The number of likely N-dealkylation sites (tertiary alicyclic amines) is 1. The third-order valence-corrected chi connectivity index (χ3v) is 3.82. The summed E-state index contributed by atoms with van der Waals surface area (Å²) >= 11 is 1.75. The number of nitrogens with zero attached hydrogens (tertiary/aromatic N) is 1. The molecule has 1 amide bonds. The highest BCUT2D eigenvalue weighted by molar-refractivity contribution is 8.00. The van der Waals surface area contributed by atoms with Gasteiger partial charge in [0.15, 0.2) is 0 Å². The molecule has 0 bridgehead atoms. The maximum absolute atomic E-state index is 11.8. The van der Waals surface area contributed by atoms with E-state index in [4.69, 9.17) is 10.5 Å². The Balaban J connectivity index is 1.79. The molecular weight excluding hydrogens is 260 g/mol. The summed E-state index contributed by atoms with van der Waals surface area (Å²) in [5.74, 6) is 0. The van der Waals surface area contributed by atoms with Gasteiger partial charge in [-0.2, -0.15) is 0 Å². The Morgan fingerprint density at radius 3 is 2.68 bits per heavy atom. The van der Waals surface area contributed by atoms with Crippen LogP contribution in [0.15, 0.2) is 29.2 Å². The summed E-state index contributed by atoms with van der Waals surface area (Å²) < 4.78 is 5.32. The number of hydrogen-bond acceptors (Lipinski definition) is 4. The number of thioether (sulfide) groups is 1. The van der Waals surface area contributed by atoms with Gasteiger partial charge in [0.25, 0.3) is 0 Å². The molecule has 1 aliphatic rings. The number of anilines is 1. The summed E-state index contributed by atoms with van der Waals surface area (Å²) in [4.78, 5) is 14.6. The van der Waals surface area contributed by atoms with E-state index in [1.54, 1.807) is 16.7 Å². The van der Waals surface area contributed by atoms with E-state index in [2.05, 4.69) is 0 Å². The molecule has 0 unspecified atom stereocenters. The van der Waals surface area contributed by atoms with Crippen molar-refractivity contribution in [2.24, 2.45) is 0 Å². The highest BCUT2D eigenvalue weighted by atomic mass is 32.2. The second kappa shape index (κ2) is 5.33. The lowest BCUT2D eigenvalue weighted by atomic mass is 10.2. The first kappa shape index (κ1) is 14.1. The van der Waals surface area contributed by atoms with Gasteiger partial charge in [0.2, 0.25) is 0 Å². The Kier molecular flexibility index (Phi) is 3.94. The van der Waals surface area contributed by atoms with Gasteiger partial charge >= 0.3 is 6.09 Å². The first-order valence-corrected chi connectivity index (χ1v) is 7.21. The lowest BCUT2D eigenvalue weighted by Crippen LogP contribution is -2.53. The first-order chi connectivity index (χ1) is 8.83. The molecule has 1 aromatic rings. The van der Waals surface area contributed by atoms with Gasteiger partial charge in [0.1, 0.15) is 5.60 Å². The van der Waals surface area contributed by atoms with E-state index in [0.717, 1.165) is 23.7 Å². The van der Waals surface area contributed by atoms with Gasteiger partial charge in [-0.05, 0) is 39.0 Å². The van der Waals surface area contributed by atoms with Gasteiger partial charge in [-0.15, -0.1) is 11.8 Å². The lowest BCUT2D eigenvalue weighted by Gasteiger charge is -2.39. The normalized spacial score (nSPS) is 16.1. The predicted molar refractivity (Wildman–Crippen MR) is 78.3 cm³/mol. The molecule has 0 saturated carbocycles. The van der Waals surface area contributed by atoms with Crippen molar-refractivity contribution in [2.45, 2.75) is 36.5 Å². The molecule has 5 heteroatoms. The third kappa shape index (κ3) is 4.06. The Labute approximate surface area is 118 Å². The van der Waals surface area contributed by atoms with Gasteiger partial charge in [-0.25, -0.2) is 4.79 Å². The second-order valence-electron chi connectivity index (χ2n) is 5.70. The predicted octanol–water partition coefficient (Wildman–Crippen LogP) is 2.98. The first-order valence-electron chi connectivity index (χ1n) is 6.33. The number of ether oxygens (including phenoxy) is 1. The van der Waals surface area contributed by atoms with E-state index < -0.39 is 5.60 Å². The van der Waals surface area contributed by atoms with Gasteiger partial charge in [0, 0.05) is 28.9 Å². The Bertz CT molecular complexity index is 465. The fraction of sp³-hybridized carbons (Fsp3) is 0.500. The van der Waals surface area contributed by atoms with Gasteiger partial charge in [0.05, 0.1) is 0 Å². The van der Waals surface area contributed by atoms with E-state index in [0.29, 0.717) is 5.25 Å². The van der Waals surface area contributed by atoms with Crippen molar-refractivity contribution in [3.63, 3.8) is 0 Å². The summed E-state index contributed by atoms with van der Waals surface area (Å²) in [5, 5.41) is 0.425. The fourth-order valence-corrected chi connectivity index (χ4v) is 3.02. The molecule has 2 rings (SSSR count). The van der Waals surface area contributed by atoms with Crippen LogP contribution in [-0.4, -0.2) is 34.9 Å². The summed E-state index contributed by atoms with van der Waals surface area (Å²) in [6.07, 6.45) is -0.225. The largest absolute Gasteiger partial charge is 0.444 e. The Morgan fingerprint density at radius 2 is 2.11 bits per heavy atom. The highest BCUT2D eigenvalue weighted by Crippen LogP contribution is 2.31. The van der Waals surface area contributed by atoms with Gasteiger partial charge in [-0.3, -0.25) is 0 Å². The summed E-state index contributed by atoms with van der Waals surface area (Å²) in [5.41, 5.74) is 6.09. The zero-order chi connectivity index (χ0) is 14.0. The molecular formula is C14H20N2O2S. The maximum Gasteiger partial charge on any atom is 0.410 e. The molecule has 2 N–H and O–H groups in total. The van der Waals surface area contributed by atoms with Crippen LogP contribution >= 0.6 is 11.8 Å². The Morgan fingerprint density at radius 1 is 1.42 bits per heavy atom. The lowest BCUT2D eigenvalue weighted by molar-refractivity contribution is 0.0144. The van der Waals surface area contributed by atoms with Crippen LogP contribution in [0.2, 0.25) is 0 Å². The molecule has 1 aromatic carbocycles. The second-order valence-corrected chi connectivity index (χ2v) is 7.07. The van der Waals surface area contributed by atoms with Crippen LogP contribution in [0, 0.1) is 0 Å². The van der Waals surface area contributed by atoms with E-state index in [-0.39, 0.29) is 6.09 Å². The molecule has 1 heterocycles. The summed E-state index contributed by atoms with van der Waals surface area (Å²) in [6.45, 7) is 7.10. The van der Waals surface area contributed by atoms with Crippen LogP contribution in [0.5, 0.6) is 0 Å². The van der Waals surface area contributed by atoms with Crippen LogP contribution in [0.3, 0.4) is 0 Å². The average molecular weight is 280 g/mol. The quantitative estimate of drug-likeness (QED) is 0.846. The van der Waals surface area contributed by atoms with Crippen molar-refractivity contribution >= 4 is 23.5 Å². The maximum atomic E-state index is 11.8. The van der Waals surface area contributed by atoms with Gasteiger partial charge < -0.3 is 15.4 Å². The van der Waals surface area contributed by atoms with E-state index in [1.807, 2.05) is 45.0 Å². The van der Waals surface area contributed by atoms with Crippen LogP contribution in [0.4, 0.5) is 10.5 Å². The van der Waals surface area contributed by atoms with Crippen molar-refractivity contribution in [1.82, 2.24) is 4.90 Å². The molecule has 0 radical (unpaired) electrons. The average Bonchev–Trinajstić information content (AvgIpc) is 2.20. The zero-order valence-corrected chi connectivity index (χ0v) is 12.4. The number of nitrogen functional groups attached to an aromatic ring is 1. The topological polar surface area (TPSA) is 55.6 Å².